The molecule has 1 atom stereocenters. The molecule has 548 valence electrons. The second kappa shape index (κ2) is 24.9. The Balaban J connectivity index is 0.0000000964. The van der Waals surface area contributed by atoms with Crippen LogP contribution < -0.4 is 14.2 Å². The molecule has 118 heavy (non-hydrogen) atoms. The number of rotatable bonds is 6. The summed E-state index contributed by atoms with van der Waals surface area (Å²) in [5.74, 6) is 8.10. The van der Waals surface area contributed by atoms with Crippen LogP contribution in [-0.2, 0) is 0 Å². The molecular weight excluding hydrogens is 1440 g/mol. The average molecular weight is 1510 g/mol. The van der Waals surface area contributed by atoms with Crippen molar-refractivity contribution in [2.75, 3.05) is 0 Å². The van der Waals surface area contributed by atoms with Gasteiger partial charge in [0.05, 0.1) is 33.6 Å². The van der Waals surface area contributed by atoms with Gasteiger partial charge in [-0.05, 0) is 217 Å². The van der Waals surface area contributed by atoms with Gasteiger partial charge in [0.2, 0.25) is 0 Å². The van der Waals surface area contributed by atoms with Gasteiger partial charge in [0.1, 0.15) is 34.0 Å². The Morgan fingerprint density at radius 2 is 0.737 bits per heavy atom. The highest BCUT2D eigenvalue weighted by molar-refractivity contribution is 6.34. The molecule has 0 saturated heterocycles. The lowest BCUT2D eigenvalue weighted by atomic mass is 9.66. The zero-order valence-corrected chi connectivity index (χ0v) is 63.4. The quantitative estimate of drug-likeness (QED) is 0.122. The SMILES string of the molecule is C1=CC2=C(c3ccc4c(c3)Oc3cccc5nc(-c6ccccc6)n-4c35)C=C3CC=CC4=C3C2C(=C1)C=C4.c1ccc(-c2nc3cccc4c3n2-c2ccc(-c3ccc5c6c(cccc36)-c3ccccc3-5)cc2O4)cc1.c1ccc(-c2nc3cccc4c3n2-c2ccc(-c3ccc5c6cccc7cccc(c8cccc3c85)c76)cc2O4)cc1. The van der Waals surface area contributed by atoms with E-state index in [9.17, 15) is 0 Å². The number of aromatic nitrogens is 6. The maximum Gasteiger partial charge on any atom is 0.153 e. The third-order valence-corrected chi connectivity index (χ3v) is 25.2. The summed E-state index contributed by atoms with van der Waals surface area (Å²) in [6.07, 6.45) is 19.2. The minimum Gasteiger partial charge on any atom is -0.453 e. The first-order valence-electron chi connectivity index (χ1n) is 40.4. The van der Waals surface area contributed by atoms with Crippen LogP contribution in [0, 0.1) is 5.92 Å². The van der Waals surface area contributed by atoms with Crippen LogP contribution in [0.2, 0.25) is 0 Å². The second-order valence-corrected chi connectivity index (χ2v) is 31.5. The molecule has 0 radical (unpaired) electrons. The molecule has 8 aliphatic rings. The van der Waals surface area contributed by atoms with Gasteiger partial charge < -0.3 is 14.2 Å². The lowest BCUT2D eigenvalue weighted by Gasteiger charge is -2.37. The molecule has 3 aliphatic heterocycles. The number of ether oxygens (including phenoxy) is 3. The van der Waals surface area contributed by atoms with Gasteiger partial charge in [-0.15, -0.1) is 0 Å². The van der Waals surface area contributed by atoms with Crippen molar-refractivity contribution in [2.45, 2.75) is 6.42 Å². The van der Waals surface area contributed by atoms with Crippen molar-refractivity contribution in [3.8, 4) is 130 Å². The number of allylic oxidation sites excluding steroid dienone is 14. The highest BCUT2D eigenvalue weighted by Crippen LogP contribution is 2.56. The van der Waals surface area contributed by atoms with Crippen molar-refractivity contribution in [3.63, 3.8) is 0 Å². The molecule has 9 heteroatoms. The van der Waals surface area contributed by atoms with Gasteiger partial charge in [0.15, 0.2) is 34.5 Å². The van der Waals surface area contributed by atoms with Crippen LogP contribution in [0.25, 0.3) is 188 Å². The van der Waals surface area contributed by atoms with E-state index in [1.807, 2.05) is 54.6 Å². The summed E-state index contributed by atoms with van der Waals surface area (Å²) in [5.41, 5.74) is 31.5. The van der Waals surface area contributed by atoms with Crippen LogP contribution in [0.5, 0.6) is 34.5 Å². The molecule has 6 heterocycles. The van der Waals surface area contributed by atoms with Crippen LogP contribution in [0.15, 0.2) is 398 Å². The minimum absolute atomic E-state index is 0.301. The molecule has 0 spiro atoms. The normalized spacial score (nSPS) is 14.8. The number of hydrogen-bond acceptors (Lipinski definition) is 6. The maximum absolute atomic E-state index is 6.58. The van der Waals surface area contributed by atoms with E-state index in [1.165, 1.54) is 126 Å². The largest absolute Gasteiger partial charge is 0.453 e. The van der Waals surface area contributed by atoms with Crippen molar-refractivity contribution in [3.05, 3.63) is 404 Å². The van der Waals surface area contributed by atoms with Gasteiger partial charge in [-0.2, -0.15) is 0 Å². The van der Waals surface area contributed by atoms with Gasteiger partial charge in [-0.1, -0.05) is 297 Å². The molecule has 28 rings (SSSR count). The Hall–Kier alpha value is -15.7. The summed E-state index contributed by atoms with van der Waals surface area (Å²) in [5, 5.41) is 13.0. The number of imidazole rings is 3. The van der Waals surface area contributed by atoms with E-state index in [4.69, 9.17) is 29.2 Å². The Morgan fingerprint density at radius 3 is 1.29 bits per heavy atom. The number of nitrogens with zero attached hydrogens (tertiary/aromatic N) is 6. The second-order valence-electron chi connectivity index (χ2n) is 31.5. The van der Waals surface area contributed by atoms with Gasteiger partial charge >= 0.3 is 0 Å². The molecule has 1 unspecified atom stereocenters. The van der Waals surface area contributed by atoms with Crippen LogP contribution >= 0.6 is 0 Å². The van der Waals surface area contributed by atoms with Gasteiger partial charge in [-0.3, -0.25) is 13.7 Å². The molecule has 0 bridgehead atoms. The third-order valence-electron chi connectivity index (χ3n) is 25.2. The van der Waals surface area contributed by atoms with Crippen LogP contribution in [-0.4, -0.2) is 28.7 Å². The van der Waals surface area contributed by atoms with Crippen LogP contribution in [0.4, 0.5) is 0 Å². The van der Waals surface area contributed by atoms with E-state index in [-0.39, 0.29) is 0 Å². The third kappa shape index (κ3) is 9.46. The summed E-state index contributed by atoms with van der Waals surface area (Å²) in [6, 6.07) is 114. The van der Waals surface area contributed by atoms with Crippen molar-refractivity contribution < 1.29 is 14.2 Å². The van der Waals surface area contributed by atoms with Crippen molar-refractivity contribution >= 4 is 92.5 Å². The van der Waals surface area contributed by atoms with Crippen molar-refractivity contribution in [1.29, 1.82) is 0 Å². The highest BCUT2D eigenvalue weighted by atomic mass is 16.5. The van der Waals surface area contributed by atoms with E-state index in [0.29, 0.717) is 5.92 Å². The standard InChI is InChI=1S/C39H22N2O.C35H22N2O.C35H20N2O/c1-2-8-24(9-3-1)39-40-32-16-7-17-34-38(32)41(39)33-21-18-25(22-35(33)42-34)26-19-20-31-29-13-5-11-23-10-4-12-28(36(23)29)30-15-6-14-27(26)37(30)31;1-2-7-23(8-3-1)35-36-28-13-6-14-30-34(28)37(35)29-18-17-24(20-31(29)38-30)27-19-25-11-4-9-21-15-16-22-10-5-12-26(27)33(22)32(21)25;1-2-8-21(9-3-1)35-36-29-14-7-15-31-34(29)37(35)30-19-16-22(20-32(30)38-31)23-17-18-28-25-11-5-4-10-24(25)27-13-6-12-26(23)33(27)28/h1-22H;1-10,12-20,33H,11H2;1-20H. The van der Waals surface area contributed by atoms with E-state index in [2.05, 4.69) is 329 Å². The molecular formula is C109H64N6O3. The van der Waals surface area contributed by atoms with Crippen molar-refractivity contribution in [2.24, 2.45) is 5.92 Å². The summed E-state index contributed by atoms with van der Waals surface area (Å²) in [6.45, 7) is 0. The minimum atomic E-state index is 0.301. The Labute approximate surface area is 677 Å². The monoisotopic (exact) mass is 1500 g/mol. The lowest BCUT2D eigenvalue weighted by molar-refractivity contribution is 0.475. The fraction of sp³-hybridized carbons (Fsp3) is 0.0183. The Kier molecular flexibility index (Phi) is 13.7. The molecule has 5 aliphatic carbocycles. The van der Waals surface area contributed by atoms with Crippen molar-refractivity contribution in [1.82, 2.24) is 28.7 Å². The predicted octanol–water partition coefficient (Wildman–Crippen LogP) is 28.2. The molecule has 3 aromatic heterocycles. The number of para-hydroxylation sites is 3. The first-order valence-corrected chi connectivity index (χ1v) is 40.4. The fourth-order valence-corrected chi connectivity index (χ4v) is 20.1. The van der Waals surface area contributed by atoms with Crippen LogP contribution in [0.1, 0.15) is 12.0 Å². The maximum atomic E-state index is 6.58. The summed E-state index contributed by atoms with van der Waals surface area (Å²) in [7, 11) is 0. The first kappa shape index (κ1) is 64.8. The predicted molar refractivity (Wildman–Crippen MR) is 479 cm³/mol. The van der Waals surface area contributed by atoms with E-state index in [0.717, 1.165) is 136 Å². The fourth-order valence-electron chi connectivity index (χ4n) is 20.1. The molecule has 0 amide bonds. The summed E-state index contributed by atoms with van der Waals surface area (Å²) < 4.78 is 26.4. The Bertz CT molecular complexity index is 8020. The number of hydrogen-bond donors (Lipinski definition) is 0. The molecule has 9 nitrogen and oxygen atoms in total. The van der Waals surface area contributed by atoms with Gasteiger partial charge in [0.25, 0.3) is 0 Å². The molecule has 0 fully saturated rings. The van der Waals surface area contributed by atoms with E-state index in [1.54, 1.807) is 0 Å². The van der Waals surface area contributed by atoms with E-state index >= 15 is 0 Å². The number of fused-ring (bicyclic) bond motifs is 11. The summed E-state index contributed by atoms with van der Waals surface area (Å²) in [4.78, 5) is 15.0. The van der Waals surface area contributed by atoms with Gasteiger partial charge in [-0.25, -0.2) is 15.0 Å². The topological polar surface area (TPSA) is 81.1 Å². The zero-order valence-electron chi connectivity index (χ0n) is 63.4. The van der Waals surface area contributed by atoms with E-state index < -0.39 is 0 Å². The Morgan fingerprint density at radius 1 is 0.305 bits per heavy atom. The molecule has 20 aromatic rings. The highest BCUT2D eigenvalue weighted by Gasteiger charge is 2.37. The van der Waals surface area contributed by atoms with Crippen LogP contribution in [0.3, 0.4) is 0 Å². The summed E-state index contributed by atoms with van der Waals surface area (Å²) >= 11 is 0. The molecule has 0 saturated carbocycles. The smallest absolute Gasteiger partial charge is 0.153 e. The molecule has 0 N–H and O–H groups in total. The first-order chi connectivity index (χ1) is 58.5. The molecule has 17 aromatic carbocycles. The van der Waals surface area contributed by atoms with Gasteiger partial charge in [0, 0.05) is 22.6 Å². The zero-order chi connectivity index (χ0) is 77.0. The number of benzene rings is 17. The lowest BCUT2D eigenvalue weighted by Crippen LogP contribution is -2.22. The average Bonchev–Trinajstić information content (AvgIpc) is 1.05.